The molecule has 0 heterocycles. The quantitative estimate of drug-likeness (QED) is 0.134. The van der Waals surface area contributed by atoms with E-state index in [9.17, 15) is 9.18 Å². The third-order valence-corrected chi connectivity index (χ3v) is 6.72. The average molecular weight is 478 g/mol. The second-order valence-electron chi connectivity index (χ2n) is 9.39. The van der Waals surface area contributed by atoms with E-state index in [0.717, 1.165) is 12.0 Å². The first-order chi connectivity index (χ1) is 17.1. The van der Waals surface area contributed by atoms with E-state index in [4.69, 9.17) is 14.7 Å². The van der Waals surface area contributed by atoms with Gasteiger partial charge in [0.15, 0.2) is 11.6 Å². The van der Waals surface area contributed by atoms with Crippen molar-refractivity contribution in [2.24, 2.45) is 11.8 Å². The molecule has 1 aliphatic carbocycles. The zero-order valence-corrected chi connectivity index (χ0v) is 20.7. The Morgan fingerprint density at radius 1 is 1.06 bits per heavy atom. The van der Waals surface area contributed by atoms with Crippen molar-refractivity contribution < 1.29 is 18.7 Å². The minimum absolute atomic E-state index is 0.165. The smallest absolute Gasteiger partial charge is 0.343 e. The number of benzene rings is 2. The minimum atomic E-state index is -0.750. The molecule has 0 aliphatic heterocycles. The van der Waals surface area contributed by atoms with Crippen molar-refractivity contribution in [3.8, 4) is 17.6 Å². The van der Waals surface area contributed by atoms with Gasteiger partial charge < -0.3 is 9.47 Å². The van der Waals surface area contributed by atoms with Crippen LogP contribution in [-0.4, -0.2) is 12.6 Å². The highest BCUT2D eigenvalue weighted by Crippen LogP contribution is 2.32. The largest absolute Gasteiger partial charge is 0.490 e. The standard InChI is InChI=1S/C30H36FNO3/c1-2-3-4-5-6-8-23-10-12-24(13-11-23)9-7-20-34-27-17-15-26(16-18-27)30(33)35-29-19-14-25(22-32)21-28(29)31/h7,9,14-19,21,23-24H,2-6,8,10-13,20H2,1H3. The van der Waals surface area contributed by atoms with Crippen molar-refractivity contribution in [1.82, 2.24) is 0 Å². The molecule has 0 aromatic heterocycles. The topological polar surface area (TPSA) is 59.3 Å². The van der Waals surface area contributed by atoms with Crippen LogP contribution in [0.2, 0.25) is 0 Å². The van der Waals surface area contributed by atoms with Crippen molar-refractivity contribution >= 4 is 5.97 Å². The first kappa shape index (κ1) is 26.5. The number of unbranched alkanes of at least 4 members (excludes halogenated alkanes) is 4. The highest BCUT2D eigenvalue weighted by Gasteiger charge is 2.19. The van der Waals surface area contributed by atoms with E-state index < -0.39 is 11.8 Å². The number of hydrogen-bond donors (Lipinski definition) is 0. The molecule has 186 valence electrons. The zero-order chi connectivity index (χ0) is 24.9. The number of rotatable bonds is 12. The first-order valence-corrected chi connectivity index (χ1v) is 12.9. The molecule has 1 aliphatic rings. The minimum Gasteiger partial charge on any atom is -0.490 e. The van der Waals surface area contributed by atoms with E-state index in [1.807, 2.05) is 6.07 Å². The maximum atomic E-state index is 13.9. The van der Waals surface area contributed by atoms with E-state index in [-0.39, 0.29) is 11.3 Å². The molecule has 0 N–H and O–H groups in total. The highest BCUT2D eigenvalue weighted by molar-refractivity contribution is 5.91. The Morgan fingerprint density at radius 3 is 2.49 bits per heavy atom. The highest BCUT2D eigenvalue weighted by atomic mass is 19.1. The van der Waals surface area contributed by atoms with E-state index >= 15 is 0 Å². The molecule has 3 rings (SSSR count). The predicted molar refractivity (Wildman–Crippen MR) is 136 cm³/mol. The van der Waals surface area contributed by atoms with Crippen LogP contribution in [0.25, 0.3) is 0 Å². The number of nitriles is 1. The van der Waals surface area contributed by atoms with Crippen LogP contribution in [-0.2, 0) is 0 Å². The van der Waals surface area contributed by atoms with Gasteiger partial charge in [-0.05, 0) is 80.0 Å². The number of ether oxygens (including phenoxy) is 2. The molecule has 2 aromatic rings. The normalized spacial score (nSPS) is 17.7. The first-order valence-electron chi connectivity index (χ1n) is 12.9. The molecule has 4 nitrogen and oxygen atoms in total. The number of hydrogen-bond acceptors (Lipinski definition) is 4. The molecule has 0 saturated heterocycles. The van der Waals surface area contributed by atoms with Crippen LogP contribution in [0, 0.1) is 29.0 Å². The molecule has 0 bridgehead atoms. The van der Waals surface area contributed by atoms with Crippen LogP contribution in [0.15, 0.2) is 54.6 Å². The second kappa shape index (κ2) is 14.3. The van der Waals surface area contributed by atoms with E-state index in [0.29, 0.717) is 23.8 Å². The fourth-order valence-corrected chi connectivity index (χ4v) is 4.60. The summed E-state index contributed by atoms with van der Waals surface area (Å²) in [4.78, 5) is 12.3. The molecule has 0 unspecified atom stereocenters. The molecular weight excluding hydrogens is 441 g/mol. The van der Waals surface area contributed by atoms with Crippen LogP contribution < -0.4 is 9.47 Å². The maximum absolute atomic E-state index is 13.9. The Bertz CT molecular complexity index is 1000. The van der Waals surface area contributed by atoms with Crippen molar-refractivity contribution in [3.05, 3.63) is 71.6 Å². The van der Waals surface area contributed by atoms with Gasteiger partial charge in [-0.1, -0.05) is 57.6 Å². The van der Waals surface area contributed by atoms with Crippen molar-refractivity contribution in [2.45, 2.75) is 71.1 Å². The van der Waals surface area contributed by atoms with Gasteiger partial charge in [0.25, 0.3) is 0 Å². The zero-order valence-electron chi connectivity index (χ0n) is 20.7. The molecule has 0 atom stereocenters. The summed E-state index contributed by atoms with van der Waals surface area (Å²) in [5, 5.41) is 8.80. The Labute approximate surface area is 208 Å². The number of esters is 1. The van der Waals surface area contributed by atoms with Gasteiger partial charge in [0.1, 0.15) is 12.4 Å². The summed E-state index contributed by atoms with van der Waals surface area (Å²) in [5.41, 5.74) is 0.456. The summed E-state index contributed by atoms with van der Waals surface area (Å²) in [6, 6.07) is 12.1. The van der Waals surface area contributed by atoms with Gasteiger partial charge in [-0.25, -0.2) is 9.18 Å². The number of nitrogens with zero attached hydrogens (tertiary/aromatic N) is 1. The molecule has 0 radical (unpaired) electrons. The Balaban J connectivity index is 1.35. The van der Waals surface area contributed by atoms with Crippen LogP contribution in [0.1, 0.15) is 87.1 Å². The van der Waals surface area contributed by atoms with Crippen LogP contribution in [0.3, 0.4) is 0 Å². The molecule has 0 spiro atoms. The molecule has 0 amide bonds. The van der Waals surface area contributed by atoms with Gasteiger partial charge in [-0.3, -0.25) is 0 Å². The molecule has 35 heavy (non-hydrogen) atoms. The van der Waals surface area contributed by atoms with Gasteiger partial charge in [0, 0.05) is 0 Å². The molecular formula is C30H36FNO3. The van der Waals surface area contributed by atoms with Gasteiger partial charge >= 0.3 is 5.97 Å². The number of carbonyl (C=O) groups excluding carboxylic acids is 1. The fraction of sp³-hybridized carbons (Fsp3) is 0.467. The van der Waals surface area contributed by atoms with E-state index in [2.05, 4.69) is 19.1 Å². The number of allylic oxidation sites excluding steroid dienone is 1. The third-order valence-electron chi connectivity index (χ3n) is 6.72. The summed E-state index contributed by atoms with van der Waals surface area (Å²) >= 11 is 0. The summed E-state index contributed by atoms with van der Waals surface area (Å²) in [5.74, 6) is 0.588. The van der Waals surface area contributed by atoms with Crippen molar-refractivity contribution in [2.75, 3.05) is 6.61 Å². The van der Waals surface area contributed by atoms with Crippen LogP contribution >= 0.6 is 0 Å². The lowest BCUT2D eigenvalue weighted by atomic mass is 9.79. The maximum Gasteiger partial charge on any atom is 0.343 e. The van der Waals surface area contributed by atoms with Crippen molar-refractivity contribution in [1.29, 1.82) is 5.26 Å². The molecule has 1 fully saturated rings. The summed E-state index contributed by atoms with van der Waals surface area (Å²) < 4.78 is 24.8. The average Bonchev–Trinajstić information content (AvgIpc) is 2.88. The van der Waals surface area contributed by atoms with E-state index in [1.54, 1.807) is 24.3 Å². The monoisotopic (exact) mass is 477 g/mol. The predicted octanol–water partition coefficient (Wildman–Crippen LogP) is 8.02. The summed E-state index contributed by atoms with van der Waals surface area (Å²) in [7, 11) is 0. The second-order valence-corrected chi connectivity index (χ2v) is 9.39. The SMILES string of the molecule is CCCCCCCC1CCC(C=CCOc2ccc(C(=O)Oc3ccc(C#N)cc3F)cc2)CC1. The number of carbonyl (C=O) groups is 1. The lowest BCUT2D eigenvalue weighted by molar-refractivity contribution is 0.0728. The summed E-state index contributed by atoms with van der Waals surface area (Å²) in [6.45, 7) is 2.75. The van der Waals surface area contributed by atoms with Gasteiger partial charge in [0.2, 0.25) is 0 Å². The van der Waals surface area contributed by atoms with Gasteiger partial charge in [0.05, 0.1) is 17.2 Å². The lowest BCUT2D eigenvalue weighted by Gasteiger charge is -2.26. The lowest BCUT2D eigenvalue weighted by Crippen LogP contribution is -2.13. The number of halogens is 1. The fourth-order valence-electron chi connectivity index (χ4n) is 4.60. The Morgan fingerprint density at radius 2 is 1.80 bits per heavy atom. The summed E-state index contributed by atoms with van der Waals surface area (Å²) in [6.07, 6.45) is 17.9. The van der Waals surface area contributed by atoms with Crippen molar-refractivity contribution in [3.63, 3.8) is 0 Å². The van der Waals surface area contributed by atoms with Crippen LogP contribution in [0.5, 0.6) is 11.5 Å². The van der Waals surface area contributed by atoms with E-state index in [1.165, 1.54) is 76.3 Å². The van der Waals surface area contributed by atoms with Gasteiger partial charge in [-0.2, -0.15) is 5.26 Å². The molecule has 2 aromatic carbocycles. The molecule has 5 heteroatoms. The Hall–Kier alpha value is -3.13. The Kier molecular flexibility index (Phi) is 10.8. The third kappa shape index (κ3) is 8.87. The molecule has 1 saturated carbocycles. The van der Waals surface area contributed by atoms with Gasteiger partial charge in [-0.15, -0.1) is 0 Å². The van der Waals surface area contributed by atoms with Crippen LogP contribution in [0.4, 0.5) is 4.39 Å².